The van der Waals surface area contributed by atoms with E-state index in [1.165, 1.54) is 6.33 Å². The maximum atomic E-state index is 6.02. The Morgan fingerprint density at radius 1 is 1.09 bits per heavy atom. The van der Waals surface area contributed by atoms with Gasteiger partial charge in [0.2, 0.25) is 6.79 Å². The lowest BCUT2D eigenvalue weighted by molar-refractivity contribution is 0.174. The number of fused-ring (bicyclic) bond motifs is 2. The van der Waals surface area contributed by atoms with Crippen molar-refractivity contribution in [2.75, 3.05) is 12.1 Å². The summed E-state index contributed by atoms with van der Waals surface area (Å²) in [7, 11) is 0. The van der Waals surface area contributed by atoms with Crippen LogP contribution >= 0.6 is 11.6 Å². The Morgan fingerprint density at radius 3 is 2.87 bits per heavy atom. The molecule has 0 aliphatic carbocycles. The Hall–Kier alpha value is -2.53. The molecule has 2 heterocycles. The highest BCUT2D eigenvalue weighted by Gasteiger charge is 2.16. The van der Waals surface area contributed by atoms with E-state index >= 15 is 0 Å². The molecule has 1 unspecified atom stereocenters. The fourth-order valence-electron chi connectivity index (χ4n) is 2.62. The van der Waals surface area contributed by atoms with Crippen LogP contribution in [0.5, 0.6) is 11.5 Å². The third-order valence-corrected chi connectivity index (χ3v) is 4.08. The van der Waals surface area contributed by atoms with Crippen molar-refractivity contribution in [1.29, 1.82) is 0 Å². The van der Waals surface area contributed by atoms with Crippen LogP contribution in [0.4, 0.5) is 5.82 Å². The summed E-state index contributed by atoms with van der Waals surface area (Å²) in [6.07, 6.45) is 1.54. The SMILES string of the molecule is CC(Nc1ncnc2cc(Cl)ccc12)c1ccc2c(c1)OCO2. The summed E-state index contributed by atoms with van der Waals surface area (Å²) in [5, 5.41) is 5.01. The summed E-state index contributed by atoms with van der Waals surface area (Å²) in [5.41, 5.74) is 1.91. The first-order chi connectivity index (χ1) is 11.2. The fraction of sp³-hybridized carbons (Fsp3) is 0.176. The molecule has 1 atom stereocenters. The molecule has 0 radical (unpaired) electrons. The summed E-state index contributed by atoms with van der Waals surface area (Å²) < 4.78 is 10.8. The van der Waals surface area contributed by atoms with Crippen molar-refractivity contribution in [1.82, 2.24) is 9.97 Å². The molecule has 0 saturated heterocycles. The molecule has 3 aromatic rings. The van der Waals surface area contributed by atoms with Gasteiger partial charge in [-0.2, -0.15) is 0 Å². The van der Waals surface area contributed by atoms with Gasteiger partial charge in [0.25, 0.3) is 0 Å². The van der Waals surface area contributed by atoms with Crippen molar-refractivity contribution in [2.45, 2.75) is 13.0 Å². The van der Waals surface area contributed by atoms with Gasteiger partial charge in [-0.1, -0.05) is 17.7 Å². The Kier molecular flexibility index (Phi) is 3.42. The summed E-state index contributed by atoms with van der Waals surface area (Å²) in [6, 6.07) is 11.6. The molecule has 1 aliphatic heterocycles. The minimum Gasteiger partial charge on any atom is -0.454 e. The van der Waals surface area contributed by atoms with Crippen LogP contribution in [0.25, 0.3) is 10.9 Å². The highest BCUT2D eigenvalue weighted by Crippen LogP contribution is 2.35. The summed E-state index contributed by atoms with van der Waals surface area (Å²) in [6.45, 7) is 2.35. The van der Waals surface area contributed by atoms with E-state index < -0.39 is 0 Å². The van der Waals surface area contributed by atoms with E-state index in [4.69, 9.17) is 21.1 Å². The lowest BCUT2D eigenvalue weighted by Gasteiger charge is -2.16. The molecular weight excluding hydrogens is 314 g/mol. The number of aromatic nitrogens is 2. The number of benzene rings is 2. The first-order valence-corrected chi connectivity index (χ1v) is 7.65. The first kappa shape index (κ1) is 14.1. The van der Waals surface area contributed by atoms with Crippen molar-refractivity contribution in [3.05, 3.63) is 53.3 Å². The van der Waals surface area contributed by atoms with E-state index in [0.29, 0.717) is 5.02 Å². The van der Waals surface area contributed by atoms with Crippen molar-refractivity contribution in [2.24, 2.45) is 0 Å². The quantitative estimate of drug-likeness (QED) is 0.782. The van der Waals surface area contributed by atoms with E-state index in [2.05, 4.69) is 22.2 Å². The molecule has 0 bridgehead atoms. The molecule has 0 fully saturated rings. The monoisotopic (exact) mass is 327 g/mol. The van der Waals surface area contributed by atoms with Gasteiger partial charge in [-0.3, -0.25) is 0 Å². The van der Waals surface area contributed by atoms with Gasteiger partial charge in [-0.05, 0) is 42.8 Å². The van der Waals surface area contributed by atoms with Crippen molar-refractivity contribution >= 4 is 28.3 Å². The standard InChI is InChI=1S/C17H14ClN3O2/c1-10(11-2-5-15-16(6-11)23-9-22-15)21-17-13-4-3-12(18)7-14(13)19-8-20-17/h2-8,10H,9H2,1H3,(H,19,20,21). The normalized spacial score (nSPS) is 14.0. The van der Waals surface area contributed by atoms with Gasteiger partial charge in [0.1, 0.15) is 12.1 Å². The average molecular weight is 328 g/mol. The maximum Gasteiger partial charge on any atom is 0.231 e. The third-order valence-electron chi connectivity index (χ3n) is 3.85. The third kappa shape index (κ3) is 2.64. The molecule has 0 saturated carbocycles. The van der Waals surface area contributed by atoms with Crippen LogP contribution in [0.3, 0.4) is 0 Å². The zero-order valence-electron chi connectivity index (χ0n) is 12.4. The lowest BCUT2D eigenvalue weighted by atomic mass is 10.1. The van der Waals surface area contributed by atoms with Crippen LogP contribution in [-0.4, -0.2) is 16.8 Å². The molecule has 1 aliphatic rings. The second-order valence-corrected chi connectivity index (χ2v) is 5.80. The van der Waals surface area contributed by atoms with Crippen molar-refractivity contribution in [3.63, 3.8) is 0 Å². The number of halogens is 1. The lowest BCUT2D eigenvalue weighted by Crippen LogP contribution is -2.08. The zero-order valence-corrected chi connectivity index (χ0v) is 13.2. The van der Waals surface area contributed by atoms with Gasteiger partial charge in [-0.15, -0.1) is 0 Å². The average Bonchev–Trinajstić information content (AvgIpc) is 3.02. The van der Waals surface area contributed by atoms with E-state index in [0.717, 1.165) is 33.8 Å². The summed E-state index contributed by atoms with van der Waals surface area (Å²) >= 11 is 6.02. The number of rotatable bonds is 3. The van der Waals surface area contributed by atoms with Crippen LogP contribution in [0.15, 0.2) is 42.7 Å². The topological polar surface area (TPSA) is 56.3 Å². The number of nitrogens with one attached hydrogen (secondary N) is 1. The highest BCUT2D eigenvalue weighted by molar-refractivity contribution is 6.31. The van der Waals surface area contributed by atoms with Crippen LogP contribution in [0, 0.1) is 0 Å². The molecule has 23 heavy (non-hydrogen) atoms. The number of hydrogen-bond acceptors (Lipinski definition) is 5. The number of nitrogens with zero attached hydrogens (tertiary/aromatic N) is 2. The Morgan fingerprint density at radius 2 is 1.96 bits per heavy atom. The molecule has 4 rings (SSSR count). The van der Waals surface area contributed by atoms with Gasteiger partial charge >= 0.3 is 0 Å². The summed E-state index contributed by atoms with van der Waals surface area (Å²) in [4.78, 5) is 8.61. The van der Waals surface area contributed by atoms with Crippen molar-refractivity contribution < 1.29 is 9.47 Å². The predicted octanol–water partition coefficient (Wildman–Crippen LogP) is 4.19. The zero-order chi connectivity index (χ0) is 15.8. The molecule has 5 nitrogen and oxygen atoms in total. The fourth-order valence-corrected chi connectivity index (χ4v) is 2.78. The van der Waals surface area contributed by atoms with E-state index in [1.807, 2.05) is 36.4 Å². The van der Waals surface area contributed by atoms with E-state index in [1.54, 1.807) is 0 Å². The largest absolute Gasteiger partial charge is 0.454 e. The maximum absolute atomic E-state index is 6.02. The summed E-state index contributed by atoms with van der Waals surface area (Å²) in [5.74, 6) is 2.33. The van der Waals surface area contributed by atoms with Crippen LogP contribution in [-0.2, 0) is 0 Å². The van der Waals surface area contributed by atoms with Gasteiger partial charge in [0.15, 0.2) is 11.5 Å². The van der Waals surface area contributed by atoms with Gasteiger partial charge in [0, 0.05) is 10.4 Å². The Labute approximate surface area is 138 Å². The Bertz CT molecular complexity index is 885. The van der Waals surface area contributed by atoms with Gasteiger partial charge < -0.3 is 14.8 Å². The van der Waals surface area contributed by atoms with Gasteiger partial charge in [0.05, 0.1) is 11.6 Å². The van der Waals surface area contributed by atoms with E-state index in [-0.39, 0.29) is 12.8 Å². The highest BCUT2D eigenvalue weighted by atomic mass is 35.5. The molecule has 1 aromatic heterocycles. The number of ether oxygens (including phenoxy) is 2. The van der Waals surface area contributed by atoms with Crippen LogP contribution in [0.2, 0.25) is 5.02 Å². The van der Waals surface area contributed by atoms with E-state index in [9.17, 15) is 0 Å². The molecule has 0 spiro atoms. The second-order valence-electron chi connectivity index (χ2n) is 5.36. The molecule has 1 N–H and O–H groups in total. The van der Waals surface area contributed by atoms with Crippen LogP contribution in [0.1, 0.15) is 18.5 Å². The predicted molar refractivity (Wildman–Crippen MR) is 89.2 cm³/mol. The number of hydrogen-bond donors (Lipinski definition) is 1. The molecule has 0 amide bonds. The smallest absolute Gasteiger partial charge is 0.231 e. The first-order valence-electron chi connectivity index (χ1n) is 7.27. The Balaban J connectivity index is 1.65. The number of anilines is 1. The second kappa shape index (κ2) is 5.59. The molecular formula is C17H14ClN3O2. The van der Waals surface area contributed by atoms with Crippen molar-refractivity contribution in [3.8, 4) is 11.5 Å². The molecule has 6 heteroatoms. The minimum absolute atomic E-state index is 0.0540. The van der Waals surface area contributed by atoms with Crippen LogP contribution < -0.4 is 14.8 Å². The minimum atomic E-state index is 0.0540. The molecule has 2 aromatic carbocycles. The molecule has 116 valence electrons. The van der Waals surface area contributed by atoms with Gasteiger partial charge in [-0.25, -0.2) is 9.97 Å².